The molecule has 3 N–H and O–H groups in total. The van der Waals surface area contributed by atoms with Gasteiger partial charge in [-0.1, -0.05) is 31.3 Å². The topological polar surface area (TPSA) is 83.5 Å². The molecule has 0 saturated carbocycles. The van der Waals surface area contributed by atoms with Gasteiger partial charge in [-0.05, 0) is 30.7 Å². The second-order valence-corrected chi connectivity index (χ2v) is 6.42. The minimum Gasteiger partial charge on any atom is -0.394 e. The fourth-order valence-electron chi connectivity index (χ4n) is 2.33. The van der Waals surface area contributed by atoms with Gasteiger partial charge in [0.05, 0.1) is 30.7 Å². The van der Waals surface area contributed by atoms with Crippen LogP contribution in [0.2, 0.25) is 0 Å². The molecule has 0 aliphatic rings. The van der Waals surface area contributed by atoms with Crippen LogP contribution >= 0.6 is 11.3 Å². The molecular weight excluding hydrogens is 388 g/mol. The average Bonchev–Trinajstić information content (AvgIpc) is 3.03. The van der Waals surface area contributed by atoms with Gasteiger partial charge in [0, 0.05) is 5.39 Å². The largest absolute Gasteiger partial charge is 0.394 e. The monoisotopic (exact) mass is 409 g/mol. The number of thiophene rings is 1. The Morgan fingerprint density at radius 3 is 2.71 bits per heavy atom. The van der Waals surface area contributed by atoms with Crippen molar-refractivity contribution in [1.82, 2.24) is 10.5 Å². The number of carbonyl (C=O) groups excluding carboxylic acids is 1. The van der Waals surface area contributed by atoms with Gasteiger partial charge in [-0.3, -0.25) is 9.63 Å². The molecule has 0 aliphatic heterocycles. The standard InChI is InChI=1S/C17H15F2N3O3S.C2H6/c1-9-2-3-13(12(19)6-9)21-17-14(15(24)22-25-5-4-23)11-7-10(18)8-20-16(11)26-17;1-2/h2-3,6-8,21,23H,4-5H2,1H3,(H,22,24);1-2H3. The molecule has 0 atom stereocenters. The van der Waals surface area contributed by atoms with Crippen LogP contribution in [0.4, 0.5) is 19.5 Å². The number of hydroxylamine groups is 1. The number of aliphatic hydroxyl groups excluding tert-OH is 1. The van der Waals surface area contributed by atoms with Crippen molar-refractivity contribution in [2.75, 3.05) is 18.5 Å². The zero-order chi connectivity index (χ0) is 20.7. The highest BCUT2D eigenvalue weighted by atomic mass is 32.1. The molecule has 0 fully saturated rings. The van der Waals surface area contributed by atoms with Gasteiger partial charge in [0.25, 0.3) is 5.91 Å². The number of aromatic nitrogens is 1. The van der Waals surface area contributed by atoms with E-state index in [1.807, 2.05) is 13.8 Å². The molecule has 3 aromatic rings. The van der Waals surface area contributed by atoms with E-state index < -0.39 is 17.5 Å². The SMILES string of the molecule is CC.Cc1ccc(Nc2sc3ncc(F)cc3c2C(=O)NOCCO)c(F)c1. The molecule has 2 heterocycles. The van der Waals surface area contributed by atoms with Crippen LogP contribution in [-0.2, 0) is 4.84 Å². The van der Waals surface area contributed by atoms with Crippen molar-refractivity contribution in [2.24, 2.45) is 0 Å². The Bertz CT molecular complexity index is 963. The summed E-state index contributed by atoms with van der Waals surface area (Å²) in [5.74, 6) is -1.75. The summed E-state index contributed by atoms with van der Waals surface area (Å²) in [4.78, 5) is 21.7. The van der Waals surface area contributed by atoms with E-state index in [1.54, 1.807) is 19.1 Å². The van der Waals surface area contributed by atoms with E-state index in [-0.39, 0.29) is 29.9 Å². The first-order chi connectivity index (χ1) is 13.5. The number of hydrogen-bond donors (Lipinski definition) is 3. The Morgan fingerprint density at radius 1 is 1.29 bits per heavy atom. The number of nitrogens with zero attached hydrogens (tertiary/aromatic N) is 1. The number of aliphatic hydroxyl groups is 1. The Kier molecular flexibility index (Phi) is 7.80. The number of halogens is 2. The third-order valence-electron chi connectivity index (χ3n) is 3.47. The highest BCUT2D eigenvalue weighted by Gasteiger charge is 2.21. The number of rotatable bonds is 6. The maximum Gasteiger partial charge on any atom is 0.278 e. The number of pyridine rings is 1. The van der Waals surface area contributed by atoms with Gasteiger partial charge in [-0.2, -0.15) is 0 Å². The lowest BCUT2D eigenvalue weighted by Gasteiger charge is -2.09. The summed E-state index contributed by atoms with van der Waals surface area (Å²) in [7, 11) is 0. The van der Waals surface area contributed by atoms with Crippen molar-refractivity contribution in [2.45, 2.75) is 20.8 Å². The number of nitrogens with one attached hydrogen (secondary N) is 2. The van der Waals surface area contributed by atoms with Crippen LogP contribution < -0.4 is 10.8 Å². The van der Waals surface area contributed by atoms with Gasteiger partial charge < -0.3 is 10.4 Å². The molecule has 0 saturated heterocycles. The fraction of sp³-hybridized carbons (Fsp3) is 0.263. The van der Waals surface area contributed by atoms with Gasteiger partial charge in [-0.25, -0.2) is 19.2 Å². The summed E-state index contributed by atoms with van der Waals surface area (Å²) in [6.45, 7) is 5.38. The molecule has 28 heavy (non-hydrogen) atoms. The molecule has 9 heteroatoms. The summed E-state index contributed by atoms with van der Waals surface area (Å²) in [5, 5.41) is 12.2. The van der Waals surface area contributed by atoms with Crippen molar-refractivity contribution in [3.63, 3.8) is 0 Å². The van der Waals surface area contributed by atoms with Crippen molar-refractivity contribution in [3.05, 3.63) is 53.2 Å². The summed E-state index contributed by atoms with van der Waals surface area (Å²) in [6, 6.07) is 5.81. The lowest BCUT2D eigenvalue weighted by atomic mass is 10.2. The number of fused-ring (bicyclic) bond motifs is 1. The van der Waals surface area contributed by atoms with Crippen LogP contribution in [0.25, 0.3) is 10.2 Å². The smallest absolute Gasteiger partial charge is 0.278 e. The molecule has 6 nitrogen and oxygen atoms in total. The van der Waals surface area contributed by atoms with E-state index in [2.05, 4.69) is 15.8 Å². The number of benzene rings is 1. The van der Waals surface area contributed by atoms with E-state index in [4.69, 9.17) is 9.94 Å². The average molecular weight is 409 g/mol. The number of anilines is 2. The van der Waals surface area contributed by atoms with E-state index >= 15 is 0 Å². The van der Waals surface area contributed by atoms with Gasteiger partial charge >= 0.3 is 0 Å². The normalized spacial score (nSPS) is 10.4. The van der Waals surface area contributed by atoms with Crippen molar-refractivity contribution in [1.29, 1.82) is 0 Å². The number of aryl methyl sites for hydroxylation is 1. The predicted octanol–water partition coefficient (Wildman–Crippen LogP) is 4.31. The van der Waals surface area contributed by atoms with E-state index in [0.29, 0.717) is 9.83 Å². The lowest BCUT2D eigenvalue weighted by Crippen LogP contribution is -2.25. The minimum absolute atomic E-state index is 0.0786. The van der Waals surface area contributed by atoms with Gasteiger partial charge in [0.1, 0.15) is 21.5 Å². The Labute approximate surface area is 165 Å². The molecule has 3 rings (SSSR count). The summed E-state index contributed by atoms with van der Waals surface area (Å²) < 4.78 is 27.7. The minimum atomic E-state index is -0.660. The molecule has 0 bridgehead atoms. The Balaban J connectivity index is 0.00000136. The summed E-state index contributed by atoms with van der Waals surface area (Å²) in [5.41, 5.74) is 3.18. The molecule has 0 radical (unpaired) electrons. The molecule has 2 aromatic heterocycles. The van der Waals surface area contributed by atoms with Crippen molar-refractivity contribution >= 4 is 38.1 Å². The van der Waals surface area contributed by atoms with Crippen molar-refractivity contribution in [3.8, 4) is 0 Å². The Morgan fingerprint density at radius 2 is 2.04 bits per heavy atom. The highest BCUT2D eigenvalue weighted by Crippen LogP contribution is 2.37. The third-order valence-corrected chi connectivity index (χ3v) is 4.50. The van der Waals surface area contributed by atoms with Crippen LogP contribution in [0.15, 0.2) is 30.5 Å². The van der Waals surface area contributed by atoms with Crippen LogP contribution in [0.1, 0.15) is 29.8 Å². The van der Waals surface area contributed by atoms with E-state index in [1.165, 1.54) is 12.1 Å². The molecule has 0 unspecified atom stereocenters. The van der Waals surface area contributed by atoms with Crippen molar-refractivity contribution < 1.29 is 23.5 Å². The summed E-state index contributed by atoms with van der Waals surface area (Å²) in [6.07, 6.45) is 1.04. The number of hydrogen-bond acceptors (Lipinski definition) is 6. The molecule has 0 spiro atoms. The second-order valence-electron chi connectivity index (χ2n) is 5.42. The van der Waals surface area contributed by atoms with Crippen LogP contribution in [0.3, 0.4) is 0 Å². The van der Waals surface area contributed by atoms with Gasteiger partial charge in [0.15, 0.2) is 0 Å². The van der Waals surface area contributed by atoms with Gasteiger partial charge in [-0.15, -0.1) is 0 Å². The zero-order valence-corrected chi connectivity index (χ0v) is 16.5. The molecule has 0 aliphatic carbocycles. The number of amides is 1. The highest BCUT2D eigenvalue weighted by molar-refractivity contribution is 7.23. The van der Waals surface area contributed by atoms with Crippen LogP contribution in [0, 0.1) is 18.6 Å². The first kappa shape index (κ1) is 21.7. The first-order valence-corrected chi connectivity index (χ1v) is 9.45. The number of carbonyl (C=O) groups is 1. The molecular formula is C19H21F2N3O3S. The Hall–Kier alpha value is -2.62. The molecule has 150 valence electrons. The zero-order valence-electron chi connectivity index (χ0n) is 15.7. The summed E-state index contributed by atoms with van der Waals surface area (Å²) >= 11 is 1.09. The van der Waals surface area contributed by atoms with Crippen LogP contribution in [0.5, 0.6) is 0 Å². The first-order valence-electron chi connectivity index (χ1n) is 8.64. The molecule has 1 amide bonds. The van der Waals surface area contributed by atoms with Gasteiger partial charge in [0.2, 0.25) is 0 Å². The van der Waals surface area contributed by atoms with E-state index in [9.17, 15) is 13.6 Å². The maximum atomic E-state index is 14.2. The predicted molar refractivity (Wildman–Crippen MR) is 106 cm³/mol. The maximum absolute atomic E-state index is 14.2. The quantitative estimate of drug-likeness (QED) is 0.417. The third kappa shape index (κ3) is 5.00. The lowest BCUT2D eigenvalue weighted by molar-refractivity contribution is 0.0170. The van der Waals surface area contributed by atoms with E-state index in [0.717, 1.165) is 23.1 Å². The molecule has 1 aromatic carbocycles. The fourth-order valence-corrected chi connectivity index (χ4v) is 3.36. The van der Waals surface area contributed by atoms with Crippen LogP contribution in [-0.4, -0.2) is 29.2 Å². The second kappa shape index (κ2) is 10.1.